The van der Waals surface area contributed by atoms with Crippen LogP contribution in [0.1, 0.15) is 48.4 Å². The van der Waals surface area contributed by atoms with Crippen LogP contribution in [0, 0.1) is 0 Å². The average Bonchev–Trinajstić information content (AvgIpc) is 3.29. The largest absolute Gasteiger partial charge is 0.505 e. The first-order valence-electron chi connectivity index (χ1n) is 19.2. The highest BCUT2D eigenvalue weighted by Crippen LogP contribution is 2.54. The van der Waals surface area contributed by atoms with E-state index in [1.165, 1.54) is 6.07 Å². The van der Waals surface area contributed by atoms with Gasteiger partial charge in [0, 0.05) is 22.3 Å². The molecule has 3 aliphatic rings. The van der Waals surface area contributed by atoms with Crippen LogP contribution in [0.3, 0.4) is 0 Å². The number of hydrogen-bond acceptors (Lipinski definition) is 23. The Morgan fingerprint density at radius 1 is 0.561 bits per heavy atom. The summed E-state index contributed by atoms with van der Waals surface area (Å²) >= 11 is 0. The third kappa shape index (κ3) is 6.64. The Balaban J connectivity index is 1.32. The van der Waals surface area contributed by atoms with Crippen LogP contribution in [0.5, 0.6) is 57.5 Å². The topological polar surface area (TPSA) is 369 Å². The summed E-state index contributed by atoms with van der Waals surface area (Å²) in [6.07, 6.45) is -10.6. The maximum absolute atomic E-state index is 14.8. The number of aromatic hydroxyl groups is 10. The highest BCUT2D eigenvalue weighted by molar-refractivity contribution is 6.12. The SMILES string of the molecule is CC(=O)CO[C@@H]1O[C@@H]2COC(=O)c3cc(O)c(O)c(O)c3-c3c(cc(O)c(O)c3O)C(=O)O[C@@H]3[C@H]1OC(=O)c1cc(O)c(O)c(O)c1-c1c(cc4nc5ccccc5nc4c1O)C(=O)O[C@@H]32. The summed E-state index contributed by atoms with van der Waals surface area (Å²) < 4.78 is 34.9. The molecule has 0 radical (unpaired) electrons. The molecule has 1 aromatic heterocycles. The van der Waals surface area contributed by atoms with Gasteiger partial charge in [-0.05, 0) is 43.3 Å². The second-order valence-corrected chi connectivity index (χ2v) is 15.0. The van der Waals surface area contributed by atoms with E-state index in [0.717, 1.165) is 13.0 Å². The summed E-state index contributed by atoms with van der Waals surface area (Å²) in [5, 5.41) is 109. The second kappa shape index (κ2) is 15.5. The van der Waals surface area contributed by atoms with Gasteiger partial charge < -0.3 is 79.5 Å². The normalized spacial score (nSPS) is 20.4. The van der Waals surface area contributed by atoms with Gasteiger partial charge >= 0.3 is 23.9 Å². The minimum absolute atomic E-state index is 0.176. The molecule has 1 saturated heterocycles. The van der Waals surface area contributed by atoms with Gasteiger partial charge in [-0.15, -0.1) is 0 Å². The lowest BCUT2D eigenvalue weighted by Crippen LogP contribution is -2.63. The third-order valence-electron chi connectivity index (χ3n) is 10.9. The molecule has 23 nitrogen and oxygen atoms in total. The van der Waals surface area contributed by atoms with Crippen LogP contribution in [0.4, 0.5) is 0 Å². The molecule has 6 aromatic rings. The summed E-state index contributed by atoms with van der Waals surface area (Å²) in [4.78, 5) is 79.2. The summed E-state index contributed by atoms with van der Waals surface area (Å²) in [5.74, 6) is -19.3. The molecule has 0 amide bonds. The number of aromatic nitrogens is 2. The maximum Gasteiger partial charge on any atom is 0.339 e. The zero-order chi connectivity index (χ0) is 47.2. The van der Waals surface area contributed by atoms with E-state index in [-0.39, 0.29) is 22.1 Å². The van der Waals surface area contributed by atoms with Gasteiger partial charge in [-0.2, -0.15) is 0 Å². The number of esters is 4. The monoisotopic (exact) mass is 910 g/mol. The Morgan fingerprint density at radius 3 is 1.52 bits per heavy atom. The fourth-order valence-electron chi connectivity index (χ4n) is 7.88. The van der Waals surface area contributed by atoms with Gasteiger partial charge in [-0.1, -0.05) is 12.1 Å². The van der Waals surface area contributed by atoms with Gasteiger partial charge in [0.05, 0.1) is 38.8 Å². The first kappa shape index (κ1) is 42.5. The molecule has 66 heavy (non-hydrogen) atoms. The Kier molecular flexibility index (Phi) is 9.95. The van der Waals surface area contributed by atoms with Gasteiger partial charge in [-0.25, -0.2) is 29.1 Å². The Morgan fingerprint density at radius 2 is 1.00 bits per heavy atom. The van der Waals surface area contributed by atoms with E-state index in [1.54, 1.807) is 18.2 Å². The van der Waals surface area contributed by atoms with E-state index < -0.39 is 176 Å². The Hall–Kier alpha value is -8.83. The first-order valence-corrected chi connectivity index (χ1v) is 19.2. The number of ketones is 1. The maximum atomic E-state index is 14.8. The molecule has 5 aromatic carbocycles. The standard InChI is InChI=1S/C43H30N2O21/c1-12(46)10-62-43-38-37-36(23(63-43)11-61-39(57)14-7-20(47)29(50)33(54)25(14)27-16(41(59)65-37)9-22(49)31(52)35(27)56)64-40(58)13-6-19-28(45-18-5-3-2-4-17(18)44-19)32(53)24(13)26-15(42(60)66-38)8-21(48)30(51)34(26)55/h2-9,23,36-38,43,47-56H,10-11H2,1H3/t23-,36-,37+,38-,43-/m1/s1. The Labute approximate surface area is 366 Å². The highest BCUT2D eigenvalue weighted by atomic mass is 16.7. The minimum atomic E-state index is -2.26. The van der Waals surface area contributed by atoms with E-state index in [1.807, 2.05) is 0 Å². The highest BCUT2D eigenvalue weighted by Gasteiger charge is 2.55. The molecular formula is C43H30N2O21. The predicted octanol–water partition coefficient (Wildman–Crippen LogP) is 2.96. The number of carbonyl (C=O) groups is 5. The molecule has 1 fully saturated rings. The van der Waals surface area contributed by atoms with Crippen LogP contribution in [0.25, 0.3) is 44.3 Å². The summed E-state index contributed by atoms with van der Waals surface area (Å²) in [7, 11) is 0. The minimum Gasteiger partial charge on any atom is -0.505 e. The van der Waals surface area contributed by atoms with Gasteiger partial charge in [0.2, 0.25) is 17.2 Å². The van der Waals surface area contributed by atoms with Crippen molar-refractivity contribution in [2.24, 2.45) is 0 Å². The van der Waals surface area contributed by atoms with Gasteiger partial charge in [-0.3, -0.25) is 4.79 Å². The molecule has 338 valence electrons. The zero-order valence-corrected chi connectivity index (χ0v) is 33.3. The number of cyclic esters (lactones) is 1. The number of phenolic OH excluding ortho intramolecular Hbond substituents is 10. The lowest BCUT2D eigenvalue weighted by molar-refractivity contribution is -0.296. The molecule has 4 heterocycles. The van der Waals surface area contributed by atoms with Crippen LogP contribution in [0.2, 0.25) is 0 Å². The molecule has 3 aliphatic heterocycles. The number of ether oxygens (including phenoxy) is 6. The van der Waals surface area contributed by atoms with Crippen molar-refractivity contribution in [3.8, 4) is 79.7 Å². The van der Waals surface area contributed by atoms with Crippen molar-refractivity contribution in [2.45, 2.75) is 37.6 Å². The van der Waals surface area contributed by atoms with Gasteiger partial charge in [0.1, 0.15) is 24.8 Å². The number of hydrogen-bond donors (Lipinski definition) is 10. The van der Waals surface area contributed by atoms with Crippen LogP contribution < -0.4 is 0 Å². The number of carbonyl (C=O) groups excluding carboxylic acids is 5. The van der Waals surface area contributed by atoms with Crippen molar-refractivity contribution in [2.75, 3.05) is 13.2 Å². The molecular weight excluding hydrogens is 880 g/mol. The quantitative estimate of drug-likeness (QED) is 0.0528. The number of fused-ring (bicyclic) bond motifs is 8. The van der Waals surface area contributed by atoms with Crippen molar-refractivity contribution in [3.63, 3.8) is 0 Å². The molecule has 0 saturated carbocycles. The average molecular weight is 911 g/mol. The number of rotatable bonds is 3. The summed E-state index contributed by atoms with van der Waals surface area (Å²) in [6, 6.07) is 8.96. The zero-order valence-electron chi connectivity index (χ0n) is 33.3. The fraction of sp³-hybridized carbons (Fsp3) is 0.186. The first-order chi connectivity index (χ1) is 31.4. The van der Waals surface area contributed by atoms with E-state index in [2.05, 4.69) is 9.97 Å². The van der Waals surface area contributed by atoms with Crippen molar-refractivity contribution < 1.29 is 103 Å². The van der Waals surface area contributed by atoms with Crippen molar-refractivity contribution >= 4 is 51.7 Å². The number of para-hydroxylation sites is 2. The fourth-order valence-corrected chi connectivity index (χ4v) is 7.88. The van der Waals surface area contributed by atoms with E-state index >= 15 is 0 Å². The molecule has 10 N–H and O–H groups in total. The lowest BCUT2D eigenvalue weighted by Gasteiger charge is -2.44. The number of phenols is 10. The number of nitrogens with zero attached hydrogens (tertiary/aromatic N) is 2. The smallest absolute Gasteiger partial charge is 0.339 e. The molecule has 0 spiro atoms. The predicted molar refractivity (Wildman–Crippen MR) is 214 cm³/mol. The molecule has 5 atom stereocenters. The lowest BCUT2D eigenvalue weighted by atomic mass is 9.91. The van der Waals surface area contributed by atoms with Crippen molar-refractivity contribution in [1.29, 1.82) is 0 Å². The van der Waals surface area contributed by atoms with Crippen molar-refractivity contribution in [1.82, 2.24) is 9.97 Å². The number of benzene rings is 5. The van der Waals surface area contributed by atoms with Crippen LogP contribution in [-0.2, 0) is 33.2 Å². The van der Waals surface area contributed by atoms with E-state index in [9.17, 15) is 75.0 Å². The van der Waals surface area contributed by atoms with E-state index in [4.69, 9.17) is 28.4 Å². The van der Waals surface area contributed by atoms with Crippen LogP contribution in [0.15, 0.2) is 48.5 Å². The van der Waals surface area contributed by atoms with Gasteiger partial charge in [0.25, 0.3) is 0 Å². The Bertz CT molecular complexity index is 3170. The van der Waals surface area contributed by atoms with Crippen LogP contribution in [-0.4, -0.2) is 135 Å². The molecule has 23 heteroatoms. The number of Topliss-reactive ketones (excluding diaryl/α,β-unsaturated/α-hetero) is 1. The van der Waals surface area contributed by atoms with Crippen molar-refractivity contribution in [3.05, 3.63) is 70.8 Å². The third-order valence-corrected chi connectivity index (χ3v) is 10.9. The summed E-state index contributed by atoms with van der Waals surface area (Å²) in [6.45, 7) is -0.787. The second-order valence-electron chi connectivity index (χ2n) is 15.0. The molecule has 4 bridgehead atoms. The van der Waals surface area contributed by atoms with Gasteiger partial charge in [0.15, 0.2) is 70.6 Å². The van der Waals surface area contributed by atoms with Crippen LogP contribution >= 0.6 is 0 Å². The summed E-state index contributed by atoms with van der Waals surface area (Å²) in [5.41, 5.74) is -7.09. The molecule has 0 aliphatic carbocycles. The molecule has 0 unspecified atom stereocenters. The molecule has 9 rings (SSSR count). The van der Waals surface area contributed by atoms with E-state index in [0.29, 0.717) is 18.2 Å².